The zero-order chi connectivity index (χ0) is 9.19. The van der Waals surface area contributed by atoms with Crippen molar-refractivity contribution in [2.45, 2.75) is 38.4 Å². The van der Waals surface area contributed by atoms with E-state index in [-0.39, 0.29) is 0 Å². The van der Waals surface area contributed by atoms with Gasteiger partial charge in [-0.1, -0.05) is 19.9 Å². The molecule has 0 aliphatic heterocycles. The fraction of sp³-hybridized carbons (Fsp3) is 0.600. The minimum atomic E-state index is -1.04. The smallest absolute Gasteiger partial charge is 0.112 e. The van der Waals surface area contributed by atoms with Crippen LogP contribution in [0.1, 0.15) is 26.7 Å². The van der Waals surface area contributed by atoms with Crippen molar-refractivity contribution in [3.05, 3.63) is 23.8 Å². The summed E-state index contributed by atoms with van der Waals surface area (Å²) in [5.74, 6) is 0. The summed E-state index contributed by atoms with van der Waals surface area (Å²) >= 11 is 0. The highest BCUT2D eigenvalue weighted by molar-refractivity contribution is 5.30. The Bertz CT molecular complexity index is 218. The van der Waals surface area contributed by atoms with Crippen molar-refractivity contribution in [3.63, 3.8) is 0 Å². The highest BCUT2D eigenvalue weighted by Crippen LogP contribution is 2.25. The van der Waals surface area contributed by atoms with Crippen LogP contribution in [0.15, 0.2) is 23.8 Å². The standard InChI is InChI=1S/C10H16O2/c1-3-8-5-6-10(12,4-2)9(11)7-8/h5-7,9,11-12H,3-4H2,1-2H3. The van der Waals surface area contributed by atoms with Crippen LogP contribution in [0.3, 0.4) is 0 Å². The predicted octanol–water partition coefficient (Wildman–Crippen LogP) is 1.39. The van der Waals surface area contributed by atoms with Crippen molar-refractivity contribution in [3.8, 4) is 0 Å². The molecule has 0 heterocycles. The summed E-state index contributed by atoms with van der Waals surface area (Å²) in [4.78, 5) is 0. The summed E-state index contributed by atoms with van der Waals surface area (Å²) in [5, 5.41) is 19.3. The highest BCUT2D eigenvalue weighted by atomic mass is 16.3. The maximum Gasteiger partial charge on any atom is 0.112 e. The molecule has 0 radical (unpaired) electrons. The summed E-state index contributed by atoms with van der Waals surface area (Å²) in [7, 11) is 0. The van der Waals surface area contributed by atoms with Crippen LogP contribution in [-0.4, -0.2) is 21.9 Å². The van der Waals surface area contributed by atoms with E-state index in [1.807, 2.05) is 19.9 Å². The molecular weight excluding hydrogens is 152 g/mol. The van der Waals surface area contributed by atoms with Gasteiger partial charge in [-0.05, 0) is 30.6 Å². The third-order valence-corrected chi connectivity index (χ3v) is 2.44. The lowest BCUT2D eigenvalue weighted by Gasteiger charge is -2.30. The molecule has 0 aromatic carbocycles. The van der Waals surface area contributed by atoms with Gasteiger partial charge in [0.1, 0.15) is 11.7 Å². The van der Waals surface area contributed by atoms with E-state index < -0.39 is 11.7 Å². The van der Waals surface area contributed by atoms with Crippen molar-refractivity contribution in [2.75, 3.05) is 0 Å². The van der Waals surface area contributed by atoms with Gasteiger partial charge in [0.05, 0.1) is 0 Å². The van der Waals surface area contributed by atoms with Gasteiger partial charge < -0.3 is 10.2 Å². The summed E-state index contributed by atoms with van der Waals surface area (Å²) < 4.78 is 0. The zero-order valence-electron chi connectivity index (χ0n) is 7.62. The van der Waals surface area contributed by atoms with Gasteiger partial charge in [-0.3, -0.25) is 0 Å². The monoisotopic (exact) mass is 168 g/mol. The maximum atomic E-state index is 9.78. The average Bonchev–Trinajstić information content (AvgIpc) is 2.10. The van der Waals surface area contributed by atoms with E-state index in [1.54, 1.807) is 12.2 Å². The normalized spacial score (nSPS) is 35.0. The molecule has 2 N–H and O–H groups in total. The van der Waals surface area contributed by atoms with Crippen molar-refractivity contribution in [1.29, 1.82) is 0 Å². The van der Waals surface area contributed by atoms with Crippen LogP contribution in [0.4, 0.5) is 0 Å². The van der Waals surface area contributed by atoms with Crippen LogP contribution in [0.2, 0.25) is 0 Å². The van der Waals surface area contributed by atoms with E-state index in [2.05, 4.69) is 0 Å². The van der Waals surface area contributed by atoms with E-state index in [0.29, 0.717) is 6.42 Å². The molecule has 1 aliphatic carbocycles. The molecule has 2 unspecified atom stereocenters. The van der Waals surface area contributed by atoms with Crippen LogP contribution in [-0.2, 0) is 0 Å². The fourth-order valence-electron chi connectivity index (χ4n) is 1.32. The first-order chi connectivity index (χ1) is 5.62. The van der Waals surface area contributed by atoms with Gasteiger partial charge in [0, 0.05) is 0 Å². The molecule has 1 aliphatic rings. The first-order valence-electron chi connectivity index (χ1n) is 4.42. The van der Waals surface area contributed by atoms with E-state index in [1.165, 1.54) is 0 Å². The van der Waals surface area contributed by atoms with Gasteiger partial charge in [-0.25, -0.2) is 0 Å². The second kappa shape index (κ2) is 3.42. The molecule has 0 amide bonds. The van der Waals surface area contributed by atoms with Crippen molar-refractivity contribution < 1.29 is 10.2 Å². The Balaban J connectivity index is 2.81. The summed E-state index contributed by atoms with van der Waals surface area (Å²) in [6.45, 7) is 3.89. The molecule has 12 heavy (non-hydrogen) atoms. The van der Waals surface area contributed by atoms with E-state index in [9.17, 15) is 10.2 Å². The molecule has 2 atom stereocenters. The van der Waals surface area contributed by atoms with Crippen LogP contribution >= 0.6 is 0 Å². The number of aliphatic hydroxyl groups is 2. The zero-order valence-corrected chi connectivity index (χ0v) is 7.62. The van der Waals surface area contributed by atoms with Crippen LogP contribution < -0.4 is 0 Å². The van der Waals surface area contributed by atoms with Crippen LogP contribution in [0.25, 0.3) is 0 Å². The highest BCUT2D eigenvalue weighted by Gasteiger charge is 2.31. The van der Waals surface area contributed by atoms with E-state index >= 15 is 0 Å². The molecule has 0 bridgehead atoms. The van der Waals surface area contributed by atoms with Gasteiger partial charge in [-0.15, -0.1) is 0 Å². The molecule has 0 saturated heterocycles. The third kappa shape index (κ3) is 1.59. The van der Waals surface area contributed by atoms with Crippen molar-refractivity contribution >= 4 is 0 Å². The van der Waals surface area contributed by atoms with Gasteiger partial charge in [0.25, 0.3) is 0 Å². The lowest BCUT2D eigenvalue weighted by Crippen LogP contribution is -2.40. The molecule has 2 nitrogen and oxygen atoms in total. The molecule has 1 rings (SSSR count). The Hall–Kier alpha value is -0.600. The largest absolute Gasteiger partial charge is 0.386 e. The van der Waals surface area contributed by atoms with Crippen LogP contribution in [0.5, 0.6) is 0 Å². The maximum absolute atomic E-state index is 9.78. The number of hydrogen-bond acceptors (Lipinski definition) is 2. The number of allylic oxidation sites excluding steroid dienone is 2. The van der Waals surface area contributed by atoms with E-state index in [0.717, 1.165) is 12.0 Å². The Labute approximate surface area is 73.2 Å². The number of aliphatic hydroxyl groups excluding tert-OH is 1. The second-order valence-corrected chi connectivity index (χ2v) is 3.22. The number of rotatable bonds is 2. The molecule has 0 saturated carbocycles. The SMILES string of the molecule is CCC1=CC(O)C(O)(CC)C=C1. The summed E-state index contributed by atoms with van der Waals surface area (Å²) in [5.41, 5.74) is 0.0409. The Morgan fingerprint density at radius 2 is 2.17 bits per heavy atom. The first kappa shape index (κ1) is 9.49. The lowest BCUT2D eigenvalue weighted by atomic mass is 9.87. The van der Waals surface area contributed by atoms with Crippen molar-refractivity contribution in [2.24, 2.45) is 0 Å². The van der Waals surface area contributed by atoms with E-state index in [4.69, 9.17) is 0 Å². The van der Waals surface area contributed by atoms with Gasteiger partial charge in [0.15, 0.2) is 0 Å². The molecule has 0 spiro atoms. The Morgan fingerprint density at radius 3 is 2.58 bits per heavy atom. The minimum Gasteiger partial charge on any atom is -0.386 e. The summed E-state index contributed by atoms with van der Waals surface area (Å²) in [6, 6.07) is 0. The molecule has 0 aromatic heterocycles. The minimum absolute atomic E-state index is 0.540. The molecule has 2 heteroatoms. The van der Waals surface area contributed by atoms with Gasteiger partial charge >= 0.3 is 0 Å². The fourth-order valence-corrected chi connectivity index (χ4v) is 1.32. The predicted molar refractivity (Wildman–Crippen MR) is 48.8 cm³/mol. The summed E-state index contributed by atoms with van der Waals surface area (Å²) in [6.07, 6.45) is 5.99. The molecule has 0 aromatic rings. The quantitative estimate of drug-likeness (QED) is 0.654. The van der Waals surface area contributed by atoms with Gasteiger partial charge in [-0.2, -0.15) is 0 Å². The molecule has 0 fully saturated rings. The number of hydrogen-bond donors (Lipinski definition) is 2. The third-order valence-electron chi connectivity index (χ3n) is 2.44. The lowest BCUT2D eigenvalue weighted by molar-refractivity contribution is -0.0184. The average molecular weight is 168 g/mol. The molecule has 68 valence electrons. The second-order valence-electron chi connectivity index (χ2n) is 3.22. The molecular formula is C10H16O2. The van der Waals surface area contributed by atoms with Gasteiger partial charge in [0.2, 0.25) is 0 Å². The van der Waals surface area contributed by atoms with Crippen LogP contribution in [0, 0.1) is 0 Å². The van der Waals surface area contributed by atoms with Crippen molar-refractivity contribution in [1.82, 2.24) is 0 Å². The first-order valence-corrected chi connectivity index (χ1v) is 4.42. The topological polar surface area (TPSA) is 40.5 Å². The Kier molecular flexibility index (Phi) is 2.70. The Morgan fingerprint density at radius 1 is 1.50 bits per heavy atom.